The van der Waals surface area contributed by atoms with E-state index < -0.39 is 15.8 Å². The van der Waals surface area contributed by atoms with E-state index >= 15 is 0 Å². The molecule has 0 bridgehead atoms. The van der Waals surface area contributed by atoms with E-state index in [2.05, 4.69) is 0 Å². The van der Waals surface area contributed by atoms with Crippen molar-refractivity contribution < 1.29 is 12.8 Å². The van der Waals surface area contributed by atoms with Crippen LogP contribution in [0.25, 0.3) is 0 Å². The van der Waals surface area contributed by atoms with Crippen LogP contribution in [-0.4, -0.2) is 25.3 Å². The fraction of sp³-hybridized carbons (Fsp3) is 0.571. The molecule has 1 saturated heterocycles. The molecule has 0 spiro atoms. The monoisotopic (exact) mass is 300 g/mol. The maximum Gasteiger partial charge on any atom is 0.243 e. The number of nitrogens with two attached hydrogens (primary N) is 1. The van der Waals surface area contributed by atoms with E-state index in [4.69, 9.17) is 5.73 Å². The SMILES string of the molecule is CCC1CCCCN1S(=O)(=O)c1cc(N)c(C)c(F)c1. The molecular weight excluding hydrogens is 279 g/mol. The van der Waals surface area contributed by atoms with Crippen molar-refractivity contribution in [2.24, 2.45) is 0 Å². The molecule has 1 fully saturated rings. The van der Waals surface area contributed by atoms with Crippen molar-refractivity contribution in [2.45, 2.75) is 50.5 Å². The number of hydrogen-bond acceptors (Lipinski definition) is 3. The number of piperidine rings is 1. The van der Waals surface area contributed by atoms with Gasteiger partial charge in [0.05, 0.1) is 4.90 Å². The average molecular weight is 300 g/mol. The minimum Gasteiger partial charge on any atom is -0.398 e. The van der Waals surface area contributed by atoms with E-state index in [0.717, 1.165) is 31.7 Å². The van der Waals surface area contributed by atoms with Gasteiger partial charge in [-0.15, -0.1) is 0 Å². The summed E-state index contributed by atoms with van der Waals surface area (Å²) in [5, 5.41) is 0. The van der Waals surface area contributed by atoms with Crippen molar-refractivity contribution in [3.63, 3.8) is 0 Å². The Bertz CT molecular complexity index is 578. The molecule has 1 aliphatic heterocycles. The number of nitrogens with zero attached hydrogens (tertiary/aromatic N) is 1. The second-order valence-electron chi connectivity index (χ2n) is 5.29. The third-order valence-corrected chi connectivity index (χ3v) is 5.94. The van der Waals surface area contributed by atoms with E-state index in [9.17, 15) is 12.8 Å². The summed E-state index contributed by atoms with van der Waals surface area (Å²) in [7, 11) is -3.67. The third kappa shape index (κ3) is 2.67. The Kier molecular flexibility index (Phi) is 4.34. The van der Waals surface area contributed by atoms with Crippen molar-refractivity contribution in [3.8, 4) is 0 Å². The van der Waals surface area contributed by atoms with Crippen molar-refractivity contribution in [2.75, 3.05) is 12.3 Å². The molecule has 0 radical (unpaired) electrons. The van der Waals surface area contributed by atoms with Crippen LogP contribution in [0.15, 0.2) is 17.0 Å². The zero-order valence-corrected chi connectivity index (χ0v) is 12.7. The predicted molar refractivity (Wildman–Crippen MR) is 77.4 cm³/mol. The zero-order chi connectivity index (χ0) is 14.9. The fourth-order valence-electron chi connectivity index (χ4n) is 2.66. The van der Waals surface area contributed by atoms with Crippen LogP contribution in [0.1, 0.15) is 38.2 Å². The lowest BCUT2D eigenvalue weighted by molar-refractivity contribution is 0.246. The Hall–Kier alpha value is -1.14. The lowest BCUT2D eigenvalue weighted by Gasteiger charge is -2.34. The number of sulfonamides is 1. The second kappa shape index (κ2) is 5.69. The van der Waals surface area contributed by atoms with Gasteiger partial charge in [0.2, 0.25) is 10.0 Å². The Morgan fingerprint density at radius 2 is 2.10 bits per heavy atom. The number of nitrogen functional groups attached to an aromatic ring is 1. The van der Waals surface area contributed by atoms with Crippen molar-refractivity contribution in [1.82, 2.24) is 4.31 Å². The molecule has 112 valence electrons. The Morgan fingerprint density at radius 3 is 2.70 bits per heavy atom. The molecule has 6 heteroatoms. The third-order valence-electron chi connectivity index (χ3n) is 4.01. The van der Waals surface area contributed by atoms with Gasteiger partial charge in [-0.2, -0.15) is 4.31 Å². The van der Waals surface area contributed by atoms with Crippen LogP contribution in [0.2, 0.25) is 0 Å². The summed E-state index contributed by atoms with van der Waals surface area (Å²) in [4.78, 5) is -0.0431. The lowest BCUT2D eigenvalue weighted by atomic mass is 10.0. The summed E-state index contributed by atoms with van der Waals surface area (Å²) in [6, 6.07) is 2.43. The fourth-order valence-corrected chi connectivity index (χ4v) is 4.47. The highest BCUT2D eigenvalue weighted by Gasteiger charge is 2.33. The first-order chi connectivity index (χ1) is 9.37. The summed E-state index contributed by atoms with van der Waals surface area (Å²) in [5.74, 6) is -0.575. The minimum atomic E-state index is -3.67. The molecule has 2 rings (SSSR count). The largest absolute Gasteiger partial charge is 0.398 e. The first-order valence-electron chi connectivity index (χ1n) is 6.95. The second-order valence-corrected chi connectivity index (χ2v) is 7.18. The van der Waals surface area contributed by atoms with Gasteiger partial charge in [-0.1, -0.05) is 13.3 Å². The van der Waals surface area contributed by atoms with Crippen molar-refractivity contribution in [3.05, 3.63) is 23.5 Å². The van der Waals surface area contributed by atoms with Crippen molar-refractivity contribution >= 4 is 15.7 Å². The van der Waals surface area contributed by atoms with Gasteiger partial charge in [0.15, 0.2) is 0 Å². The van der Waals surface area contributed by atoms with Gasteiger partial charge in [-0.25, -0.2) is 12.8 Å². The van der Waals surface area contributed by atoms with Gasteiger partial charge >= 0.3 is 0 Å². The quantitative estimate of drug-likeness (QED) is 0.873. The van der Waals surface area contributed by atoms with E-state index in [1.165, 1.54) is 17.3 Å². The number of anilines is 1. The van der Waals surface area contributed by atoms with Gasteiger partial charge < -0.3 is 5.73 Å². The number of halogens is 1. The molecule has 0 aliphatic carbocycles. The van der Waals surface area contributed by atoms with Crippen LogP contribution in [-0.2, 0) is 10.0 Å². The Morgan fingerprint density at radius 1 is 1.40 bits per heavy atom. The molecule has 1 unspecified atom stereocenters. The number of hydrogen-bond donors (Lipinski definition) is 1. The van der Waals surface area contributed by atoms with Gasteiger partial charge in [0.25, 0.3) is 0 Å². The van der Waals surface area contributed by atoms with E-state index in [0.29, 0.717) is 6.54 Å². The maximum absolute atomic E-state index is 13.8. The van der Waals surface area contributed by atoms with Gasteiger partial charge in [-0.05, 0) is 38.3 Å². The first-order valence-corrected chi connectivity index (χ1v) is 8.39. The molecule has 1 aromatic carbocycles. The number of benzene rings is 1. The topological polar surface area (TPSA) is 63.4 Å². The molecule has 1 aromatic rings. The molecule has 2 N–H and O–H groups in total. The molecular formula is C14H21FN2O2S. The predicted octanol–water partition coefficient (Wildman–Crippen LogP) is 2.67. The van der Waals surface area contributed by atoms with Crippen LogP contribution >= 0.6 is 0 Å². The van der Waals surface area contributed by atoms with Crippen LogP contribution in [0.4, 0.5) is 10.1 Å². The van der Waals surface area contributed by atoms with Crippen LogP contribution in [0.3, 0.4) is 0 Å². The van der Waals surface area contributed by atoms with Gasteiger partial charge in [0, 0.05) is 23.8 Å². The normalized spacial score (nSPS) is 21.1. The first kappa shape index (κ1) is 15.3. The number of rotatable bonds is 3. The summed E-state index contributed by atoms with van der Waals surface area (Å²) in [6.07, 6.45) is 3.51. The van der Waals surface area contributed by atoms with Crippen LogP contribution < -0.4 is 5.73 Å². The Balaban J connectivity index is 2.44. The summed E-state index contributed by atoms with van der Waals surface area (Å²) in [5.41, 5.74) is 6.15. The summed E-state index contributed by atoms with van der Waals surface area (Å²) < 4.78 is 40.6. The molecule has 20 heavy (non-hydrogen) atoms. The maximum atomic E-state index is 13.8. The smallest absolute Gasteiger partial charge is 0.243 e. The average Bonchev–Trinajstić information content (AvgIpc) is 2.44. The molecule has 1 atom stereocenters. The molecule has 1 heterocycles. The molecule has 0 saturated carbocycles. The summed E-state index contributed by atoms with van der Waals surface area (Å²) in [6.45, 7) is 4.01. The highest BCUT2D eigenvalue weighted by molar-refractivity contribution is 7.89. The van der Waals surface area contributed by atoms with E-state index in [1.54, 1.807) is 0 Å². The molecule has 0 amide bonds. The van der Waals surface area contributed by atoms with Gasteiger partial charge in [0.1, 0.15) is 5.82 Å². The molecule has 4 nitrogen and oxygen atoms in total. The standard InChI is InChI=1S/C14H21FN2O2S/c1-3-11-6-4-5-7-17(11)20(18,19)12-8-13(15)10(2)14(16)9-12/h8-9,11H,3-7,16H2,1-2H3. The zero-order valence-electron chi connectivity index (χ0n) is 11.9. The van der Waals surface area contributed by atoms with Gasteiger partial charge in [-0.3, -0.25) is 0 Å². The minimum absolute atomic E-state index is 0.000612. The van der Waals surface area contributed by atoms with Crippen LogP contribution in [0, 0.1) is 12.7 Å². The highest BCUT2D eigenvalue weighted by Crippen LogP contribution is 2.29. The molecule has 0 aromatic heterocycles. The van der Waals surface area contributed by atoms with E-state index in [1.807, 2.05) is 6.92 Å². The van der Waals surface area contributed by atoms with Crippen LogP contribution in [0.5, 0.6) is 0 Å². The Labute approximate surface area is 119 Å². The summed E-state index contributed by atoms with van der Waals surface area (Å²) >= 11 is 0. The highest BCUT2D eigenvalue weighted by atomic mass is 32.2. The lowest BCUT2D eigenvalue weighted by Crippen LogP contribution is -2.43. The molecule has 1 aliphatic rings. The van der Waals surface area contributed by atoms with Crippen molar-refractivity contribution in [1.29, 1.82) is 0 Å². The van der Waals surface area contributed by atoms with E-state index in [-0.39, 0.29) is 22.2 Å².